The first kappa shape index (κ1) is 23.0. The first-order valence-corrected chi connectivity index (χ1v) is 9.37. The SMILES string of the molecule is COC(=O)C1=C(C)NC(Cc2ccccc2F)=C(C#N)C1c1ccc(F)cc1C(F)(F)F. The average molecular weight is 448 g/mol. The molecule has 0 fully saturated rings. The second-order valence-electron chi connectivity index (χ2n) is 7.09. The second-order valence-corrected chi connectivity index (χ2v) is 7.09. The van der Waals surface area contributed by atoms with Crippen LogP contribution in [-0.4, -0.2) is 13.1 Å². The van der Waals surface area contributed by atoms with E-state index in [1.807, 2.05) is 6.07 Å². The normalized spacial score (nSPS) is 16.5. The summed E-state index contributed by atoms with van der Waals surface area (Å²) in [4.78, 5) is 12.5. The molecular formula is C23H17F5N2O2. The third-order valence-electron chi connectivity index (χ3n) is 5.13. The molecular weight excluding hydrogens is 431 g/mol. The summed E-state index contributed by atoms with van der Waals surface area (Å²) in [6.07, 6.45) is -5.09. The van der Waals surface area contributed by atoms with Gasteiger partial charge in [0.15, 0.2) is 0 Å². The molecule has 3 rings (SSSR count). The number of halogens is 5. The fourth-order valence-electron chi connectivity index (χ4n) is 3.72. The van der Waals surface area contributed by atoms with Gasteiger partial charge in [-0.3, -0.25) is 0 Å². The smallest absolute Gasteiger partial charge is 0.416 e. The fraction of sp³-hybridized carbons (Fsp3) is 0.217. The van der Waals surface area contributed by atoms with Gasteiger partial charge in [0, 0.05) is 17.8 Å². The molecule has 0 saturated heterocycles. The molecule has 4 nitrogen and oxygen atoms in total. The Morgan fingerprint density at radius 3 is 2.47 bits per heavy atom. The van der Waals surface area contributed by atoms with Gasteiger partial charge in [0.25, 0.3) is 0 Å². The van der Waals surface area contributed by atoms with Crippen LogP contribution < -0.4 is 5.32 Å². The highest BCUT2D eigenvalue weighted by atomic mass is 19.4. The Bertz CT molecular complexity index is 1180. The number of alkyl halides is 3. The van der Waals surface area contributed by atoms with Crippen LogP contribution in [0, 0.1) is 23.0 Å². The van der Waals surface area contributed by atoms with Gasteiger partial charge in [-0.1, -0.05) is 24.3 Å². The molecule has 1 aliphatic rings. The van der Waals surface area contributed by atoms with Crippen LogP contribution in [0.3, 0.4) is 0 Å². The van der Waals surface area contributed by atoms with Crippen molar-refractivity contribution >= 4 is 5.97 Å². The Kier molecular flexibility index (Phi) is 6.35. The topological polar surface area (TPSA) is 62.1 Å². The number of methoxy groups -OCH3 is 1. The summed E-state index contributed by atoms with van der Waals surface area (Å²) < 4.78 is 73.9. The van der Waals surface area contributed by atoms with Crippen molar-refractivity contribution in [2.75, 3.05) is 7.11 Å². The number of hydrogen-bond acceptors (Lipinski definition) is 4. The summed E-state index contributed by atoms with van der Waals surface area (Å²) in [5.74, 6) is -4.12. The van der Waals surface area contributed by atoms with Crippen LogP contribution in [0.25, 0.3) is 0 Å². The number of ether oxygens (including phenoxy) is 1. The molecule has 2 aromatic carbocycles. The number of hydrogen-bond donors (Lipinski definition) is 1. The lowest BCUT2D eigenvalue weighted by atomic mass is 9.78. The van der Waals surface area contributed by atoms with Crippen molar-refractivity contribution in [2.24, 2.45) is 0 Å². The van der Waals surface area contributed by atoms with Crippen LogP contribution in [0.4, 0.5) is 22.0 Å². The number of nitrogens with one attached hydrogen (secondary N) is 1. The van der Waals surface area contributed by atoms with Crippen LogP contribution in [0.2, 0.25) is 0 Å². The lowest BCUT2D eigenvalue weighted by Crippen LogP contribution is -2.31. The maximum absolute atomic E-state index is 14.2. The van der Waals surface area contributed by atoms with Gasteiger partial charge in [0.1, 0.15) is 11.6 Å². The molecule has 166 valence electrons. The van der Waals surface area contributed by atoms with E-state index in [1.54, 1.807) is 6.07 Å². The largest absolute Gasteiger partial charge is 0.466 e. The summed E-state index contributed by atoms with van der Waals surface area (Å²) in [5, 5.41) is 12.7. The Hall–Kier alpha value is -3.67. The predicted molar refractivity (Wildman–Crippen MR) is 105 cm³/mol. The van der Waals surface area contributed by atoms with Crippen molar-refractivity contribution in [1.29, 1.82) is 5.26 Å². The number of allylic oxidation sites excluding steroid dienone is 3. The summed E-state index contributed by atoms with van der Waals surface area (Å²) >= 11 is 0. The summed E-state index contributed by atoms with van der Waals surface area (Å²) in [5.41, 5.74) is -1.78. The zero-order valence-electron chi connectivity index (χ0n) is 17.0. The molecule has 0 bridgehead atoms. The zero-order valence-corrected chi connectivity index (χ0v) is 17.0. The molecule has 1 N–H and O–H groups in total. The highest BCUT2D eigenvalue weighted by molar-refractivity contribution is 5.93. The molecule has 0 amide bonds. The minimum Gasteiger partial charge on any atom is -0.466 e. The van der Waals surface area contributed by atoms with Crippen LogP contribution in [0.15, 0.2) is 65.0 Å². The Labute approximate surface area is 180 Å². The lowest BCUT2D eigenvalue weighted by Gasteiger charge is -2.31. The van der Waals surface area contributed by atoms with Gasteiger partial charge >= 0.3 is 12.1 Å². The third-order valence-corrected chi connectivity index (χ3v) is 5.13. The van der Waals surface area contributed by atoms with Gasteiger partial charge in [-0.05, 0) is 36.2 Å². The van der Waals surface area contributed by atoms with Gasteiger partial charge in [-0.2, -0.15) is 18.4 Å². The molecule has 1 unspecified atom stereocenters. The van der Waals surface area contributed by atoms with Gasteiger partial charge in [-0.15, -0.1) is 0 Å². The first-order valence-electron chi connectivity index (χ1n) is 9.37. The van der Waals surface area contributed by atoms with Crippen LogP contribution in [0.5, 0.6) is 0 Å². The number of nitrogens with zero attached hydrogens (tertiary/aromatic N) is 1. The second kappa shape index (κ2) is 8.83. The number of dihydropyridines is 1. The van der Waals surface area contributed by atoms with Gasteiger partial charge in [-0.25, -0.2) is 13.6 Å². The standard InChI is InChI=1S/C23H17F5N2O2/c1-12-20(22(31)32-2)21(15-8-7-14(24)10-17(15)23(26,27)28)16(11-29)19(30-12)9-13-5-3-4-6-18(13)25/h3-8,10,21,30H,9H2,1-2H3. The maximum atomic E-state index is 14.2. The molecule has 32 heavy (non-hydrogen) atoms. The van der Waals surface area contributed by atoms with E-state index in [4.69, 9.17) is 4.74 Å². The highest BCUT2D eigenvalue weighted by Crippen LogP contribution is 2.44. The third kappa shape index (κ3) is 4.35. The maximum Gasteiger partial charge on any atom is 0.416 e. The van der Waals surface area contributed by atoms with E-state index < -0.39 is 40.8 Å². The van der Waals surface area contributed by atoms with Gasteiger partial charge < -0.3 is 10.1 Å². The number of carbonyl (C=O) groups excluding carboxylic acids is 1. The van der Waals surface area contributed by atoms with Crippen molar-refractivity contribution in [3.05, 3.63) is 93.3 Å². The number of nitriles is 1. The van der Waals surface area contributed by atoms with Crippen LogP contribution in [-0.2, 0) is 22.1 Å². The predicted octanol–water partition coefficient (Wildman–Crippen LogP) is 5.14. The van der Waals surface area contributed by atoms with E-state index in [1.165, 1.54) is 25.1 Å². The van der Waals surface area contributed by atoms with Crippen molar-refractivity contribution in [3.8, 4) is 6.07 Å². The molecule has 1 heterocycles. The van der Waals surface area contributed by atoms with E-state index in [-0.39, 0.29) is 34.5 Å². The molecule has 0 saturated carbocycles. The Morgan fingerprint density at radius 1 is 1.19 bits per heavy atom. The lowest BCUT2D eigenvalue weighted by molar-refractivity contribution is -0.139. The first-order chi connectivity index (χ1) is 15.1. The quantitative estimate of drug-likeness (QED) is 0.520. The number of benzene rings is 2. The van der Waals surface area contributed by atoms with Crippen molar-refractivity contribution in [1.82, 2.24) is 5.32 Å². The number of carbonyl (C=O) groups is 1. The van der Waals surface area contributed by atoms with Crippen molar-refractivity contribution in [3.63, 3.8) is 0 Å². The summed E-state index contributed by atoms with van der Waals surface area (Å²) in [6.45, 7) is 1.44. The van der Waals surface area contributed by atoms with Crippen molar-refractivity contribution < 1.29 is 31.5 Å². The molecule has 2 aromatic rings. The molecule has 0 spiro atoms. The molecule has 0 aromatic heterocycles. The summed E-state index contributed by atoms with van der Waals surface area (Å²) in [6, 6.07) is 9.63. The molecule has 1 atom stereocenters. The minimum atomic E-state index is -4.95. The Balaban J connectivity index is 2.28. The molecule has 0 aliphatic carbocycles. The zero-order chi connectivity index (χ0) is 23.6. The van der Waals surface area contributed by atoms with E-state index in [9.17, 15) is 32.0 Å². The van der Waals surface area contributed by atoms with E-state index in [0.29, 0.717) is 6.07 Å². The minimum absolute atomic E-state index is 0.130. The number of esters is 1. The monoisotopic (exact) mass is 448 g/mol. The highest BCUT2D eigenvalue weighted by Gasteiger charge is 2.42. The van der Waals surface area contributed by atoms with E-state index >= 15 is 0 Å². The van der Waals surface area contributed by atoms with Crippen LogP contribution >= 0.6 is 0 Å². The van der Waals surface area contributed by atoms with Gasteiger partial charge in [0.2, 0.25) is 0 Å². The molecule has 0 radical (unpaired) electrons. The summed E-state index contributed by atoms with van der Waals surface area (Å²) in [7, 11) is 1.06. The van der Waals surface area contributed by atoms with E-state index in [0.717, 1.165) is 19.2 Å². The molecule has 9 heteroatoms. The van der Waals surface area contributed by atoms with Gasteiger partial charge in [0.05, 0.1) is 35.8 Å². The number of rotatable bonds is 4. The van der Waals surface area contributed by atoms with Crippen LogP contribution in [0.1, 0.15) is 29.5 Å². The molecule has 1 aliphatic heterocycles. The van der Waals surface area contributed by atoms with Crippen molar-refractivity contribution in [2.45, 2.75) is 25.4 Å². The average Bonchev–Trinajstić information content (AvgIpc) is 2.74. The Morgan fingerprint density at radius 2 is 1.88 bits per heavy atom. The van der Waals surface area contributed by atoms with E-state index in [2.05, 4.69) is 5.32 Å². The fourth-order valence-corrected chi connectivity index (χ4v) is 3.72.